The number of benzene rings is 1. The molecule has 0 bridgehead atoms. The van der Waals surface area contributed by atoms with Crippen LogP contribution in [0.5, 0.6) is 0 Å². The van der Waals surface area contributed by atoms with Crippen molar-refractivity contribution in [1.82, 2.24) is 5.43 Å². The van der Waals surface area contributed by atoms with Gasteiger partial charge in [0.25, 0.3) is 5.91 Å². The van der Waals surface area contributed by atoms with Gasteiger partial charge in [-0.2, -0.15) is 5.10 Å². The van der Waals surface area contributed by atoms with E-state index < -0.39 is 0 Å². The SMILES string of the molecule is CC[C@H]1CCc2sc(C(=O)N/N=C(/C)c3ccc(Cl)cc3)cc2C1. The Morgan fingerprint density at radius 2 is 2.12 bits per heavy atom. The van der Waals surface area contributed by atoms with E-state index in [9.17, 15) is 4.79 Å². The number of carbonyl (C=O) groups excluding carboxylic acids is 1. The quantitative estimate of drug-likeness (QED) is 0.600. The second kappa shape index (κ2) is 7.49. The Morgan fingerprint density at radius 1 is 1.38 bits per heavy atom. The predicted molar refractivity (Wildman–Crippen MR) is 101 cm³/mol. The summed E-state index contributed by atoms with van der Waals surface area (Å²) in [4.78, 5) is 14.5. The number of hydrazone groups is 1. The van der Waals surface area contributed by atoms with E-state index in [1.165, 1.54) is 23.3 Å². The maximum absolute atomic E-state index is 12.4. The van der Waals surface area contributed by atoms with Crippen LogP contribution < -0.4 is 5.43 Å². The third-order valence-corrected chi connectivity index (χ3v) is 6.06. The molecule has 0 unspecified atom stereocenters. The molecule has 0 radical (unpaired) electrons. The summed E-state index contributed by atoms with van der Waals surface area (Å²) < 4.78 is 0. The molecule has 0 saturated carbocycles. The first-order chi connectivity index (χ1) is 11.6. The lowest BCUT2D eigenvalue weighted by Crippen LogP contribution is -2.18. The van der Waals surface area contributed by atoms with Crippen LogP contribution in [0, 0.1) is 5.92 Å². The van der Waals surface area contributed by atoms with Crippen molar-refractivity contribution in [1.29, 1.82) is 0 Å². The normalized spacial score (nSPS) is 17.5. The highest BCUT2D eigenvalue weighted by Crippen LogP contribution is 2.33. The number of amides is 1. The predicted octanol–water partition coefficient (Wildman–Crippen LogP) is 5.07. The van der Waals surface area contributed by atoms with Crippen LogP contribution in [-0.4, -0.2) is 11.6 Å². The van der Waals surface area contributed by atoms with Crippen LogP contribution in [0.25, 0.3) is 0 Å². The standard InChI is InChI=1S/C19H21ClN2OS/c1-3-13-4-9-17-15(10-13)11-18(24-17)19(23)22-21-12(2)14-5-7-16(20)8-6-14/h5-8,11,13H,3-4,9-10H2,1-2H3,(H,22,23)/b21-12-/t13-/m0/s1. The molecule has 0 saturated heterocycles. The fraction of sp³-hybridized carbons (Fsp3) is 0.368. The third kappa shape index (κ3) is 3.87. The number of nitrogens with one attached hydrogen (secondary N) is 1. The maximum atomic E-state index is 12.4. The fourth-order valence-electron chi connectivity index (χ4n) is 3.00. The average Bonchev–Trinajstić information content (AvgIpc) is 3.03. The lowest BCUT2D eigenvalue weighted by Gasteiger charge is -2.19. The monoisotopic (exact) mass is 360 g/mol. The summed E-state index contributed by atoms with van der Waals surface area (Å²) in [5.74, 6) is 0.629. The topological polar surface area (TPSA) is 41.5 Å². The molecular weight excluding hydrogens is 340 g/mol. The van der Waals surface area contributed by atoms with Gasteiger partial charge >= 0.3 is 0 Å². The molecule has 5 heteroatoms. The number of aryl methyl sites for hydroxylation is 1. The minimum atomic E-state index is -0.129. The first kappa shape index (κ1) is 17.2. The number of fused-ring (bicyclic) bond motifs is 1. The average molecular weight is 361 g/mol. The number of hydrogen-bond donors (Lipinski definition) is 1. The van der Waals surface area contributed by atoms with E-state index in [1.807, 2.05) is 37.3 Å². The summed E-state index contributed by atoms with van der Waals surface area (Å²) in [7, 11) is 0. The van der Waals surface area contributed by atoms with Crippen molar-refractivity contribution in [3.05, 3.63) is 56.2 Å². The summed E-state index contributed by atoms with van der Waals surface area (Å²) in [6.45, 7) is 4.11. The van der Waals surface area contributed by atoms with Crippen molar-refractivity contribution in [3.63, 3.8) is 0 Å². The molecule has 0 fully saturated rings. The number of nitrogens with zero attached hydrogens (tertiary/aromatic N) is 1. The molecule has 0 aliphatic heterocycles. The molecule has 24 heavy (non-hydrogen) atoms. The van der Waals surface area contributed by atoms with Gasteiger partial charge in [0.2, 0.25) is 0 Å². The molecule has 1 amide bonds. The van der Waals surface area contributed by atoms with Gasteiger partial charge in [-0.15, -0.1) is 11.3 Å². The maximum Gasteiger partial charge on any atom is 0.281 e. The fourth-order valence-corrected chi connectivity index (χ4v) is 4.23. The highest BCUT2D eigenvalue weighted by atomic mass is 35.5. The Hall–Kier alpha value is -1.65. The molecule has 1 aliphatic carbocycles. The smallest absolute Gasteiger partial charge is 0.266 e. The van der Waals surface area contributed by atoms with E-state index >= 15 is 0 Å². The number of thiophene rings is 1. The number of hydrogen-bond acceptors (Lipinski definition) is 3. The van der Waals surface area contributed by atoms with Gasteiger partial charge < -0.3 is 0 Å². The number of halogens is 1. The van der Waals surface area contributed by atoms with E-state index in [0.717, 1.165) is 34.9 Å². The molecule has 1 atom stereocenters. The van der Waals surface area contributed by atoms with Crippen LogP contribution in [-0.2, 0) is 12.8 Å². The van der Waals surface area contributed by atoms with Gasteiger partial charge in [0.15, 0.2) is 0 Å². The molecular formula is C19H21ClN2OS. The van der Waals surface area contributed by atoms with Gasteiger partial charge in [0.05, 0.1) is 10.6 Å². The lowest BCUT2D eigenvalue weighted by molar-refractivity contribution is 0.0959. The summed E-state index contributed by atoms with van der Waals surface area (Å²) >= 11 is 7.49. The third-order valence-electron chi connectivity index (χ3n) is 4.57. The molecule has 3 nitrogen and oxygen atoms in total. The Labute approximate surface area is 151 Å². The highest BCUT2D eigenvalue weighted by molar-refractivity contribution is 7.14. The summed E-state index contributed by atoms with van der Waals surface area (Å²) in [5.41, 5.74) is 5.72. The van der Waals surface area contributed by atoms with Crippen molar-refractivity contribution >= 4 is 34.6 Å². The van der Waals surface area contributed by atoms with Gasteiger partial charge in [0.1, 0.15) is 0 Å². The molecule has 0 spiro atoms. The summed E-state index contributed by atoms with van der Waals surface area (Å²) in [6.07, 6.45) is 4.64. The van der Waals surface area contributed by atoms with E-state index in [2.05, 4.69) is 17.5 Å². The first-order valence-corrected chi connectivity index (χ1v) is 9.48. The molecule has 2 aromatic rings. The Balaban J connectivity index is 1.68. The number of carbonyl (C=O) groups is 1. The lowest BCUT2D eigenvalue weighted by atomic mass is 9.87. The Kier molecular flexibility index (Phi) is 5.36. The highest BCUT2D eigenvalue weighted by Gasteiger charge is 2.21. The zero-order valence-corrected chi connectivity index (χ0v) is 15.5. The second-order valence-corrected chi connectivity index (χ2v) is 7.79. The van der Waals surface area contributed by atoms with Crippen molar-refractivity contribution in [2.75, 3.05) is 0 Å². The van der Waals surface area contributed by atoms with Gasteiger partial charge in [-0.3, -0.25) is 4.79 Å². The van der Waals surface area contributed by atoms with Crippen LogP contribution in [0.1, 0.15) is 52.4 Å². The molecule has 1 aromatic carbocycles. The number of rotatable bonds is 4. The van der Waals surface area contributed by atoms with E-state index in [-0.39, 0.29) is 5.91 Å². The molecule has 1 aliphatic rings. The van der Waals surface area contributed by atoms with Gasteiger partial charge in [-0.25, -0.2) is 5.43 Å². The van der Waals surface area contributed by atoms with E-state index in [0.29, 0.717) is 5.02 Å². The summed E-state index contributed by atoms with van der Waals surface area (Å²) in [5, 5.41) is 4.90. The van der Waals surface area contributed by atoms with Crippen LogP contribution in [0.2, 0.25) is 5.02 Å². The zero-order chi connectivity index (χ0) is 17.1. The van der Waals surface area contributed by atoms with Gasteiger partial charge in [-0.1, -0.05) is 37.1 Å². The van der Waals surface area contributed by atoms with Gasteiger partial charge in [-0.05, 0) is 61.4 Å². The van der Waals surface area contributed by atoms with Crippen molar-refractivity contribution in [2.45, 2.75) is 39.5 Å². The summed E-state index contributed by atoms with van der Waals surface area (Å²) in [6, 6.07) is 9.46. The second-order valence-electron chi connectivity index (χ2n) is 6.22. The molecule has 3 rings (SSSR count). The molecule has 126 valence electrons. The van der Waals surface area contributed by atoms with Crippen molar-refractivity contribution in [2.24, 2.45) is 11.0 Å². The Morgan fingerprint density at radius 3 is 2.83 bits per heavy atom. The first-order valence-electron chi connectivity index (χ1n) is 8.29. The molecule has 1 aromatic heterocycles. The Bertz CT molecular complexity index is 764. The van der Waals surface area contributed by atoms with E-state index in [1.54, 1.807) is 11.3 Å². The van der Waals surface area contributed by atoms with Crippen molar-refractivity contribution < 1.29 is 4.79 Å². The van der Waals surface area contributed by atoms with Crippen LogP contribution in [0.15, 0.2) is 35.4 Å². The van der Waals surface area contributed by atoms with Gasteiger partial charge in [0, 0.05) is 9.90 Å². The van der Waals surface area contributed by atoms with Crippen LogP contribution in [0.3, 0.4) is 0 Å². The zero-order valence-electron chi connectivity index (χ0n) is 13.9. The molecule has 1 heterocycles. The molecule has 1 N–H and O–H groups in total. The largest absolute Gasteiger partial charge is 0.281 e. The van der Waals surface area contributed by atoms with Crippen LogP contribution >= 0.6 is 22.9 Å². The van der Waals surface area contributed by atoms with Crippen LogP contribution in [0.4, 0.5) is 0 Å². The minimum absolute atomic E-state index is 0.129. The minimum Gasteiger partial charge on any atom is -0.266 e. The van der Waals surface area contributed by atoms with Crippen molar-refractivity contribution in [3.8, 4) is 0 Å². The van der Waals surface area contributed by atoms with E-state index in [4.69, 9.17) is 11.6 Å².